The highest BCUT2D eigenvalue weighted by atomic mass is 16.5. The maximum Gasteiger partial charge on any atom is 0.242 e. The predicted molar refractivity (Wildman–Crippen MR) is 121 cm³/mol. The van der Waals surface area contributed by atoms with Crippen LogP contribution in [0.3, 0.4) is 0 Å². The molecule has 7 nitrogen and oxygen atoms in total. The van der Waals surface area contributed by atoms with Gasteiger partial charge >= 0.3 is 0 Å². The van der Waals surface area contributed by atoms with Gasteiger partial charge in [-0.05, 0) is 24.5 Å². The molecule has 0 bridgehead atoms. The summed E-state index contributed by atoms with van der Waals surface area (Å²) in [7, 11) is 0. The first-order valence-corrected chi connectivity index (χ1v) is 11.5. The third-order valence-electron chi connectivity index (χ3n) is 6.85. The van der Waals surface area contributed by atoms with Gasteiger partial charge in [0, 0.05) is 55.6 Å². The molecule has 1 unspecified atom stereocenters. The van der Waals surface area contributed by atoms with Gasteiger partial charge in [-0.3, -0.25) is 14.5 Å². The van der Waals surface area contributed by atoms with Crippen LogP contribution in [0.5, 0.6) is 0 Å². The van der Waals surface area contributed by atoms with Crippen LogP contribution < -0.4 is 10.6 Å². The monoisotopic (exact) mass is 426 g/mol. The van der Waals surface area contributed by atoms with Crippen molar-refractivity contribution in [3.05, 3.63) is 36.0 Å². The summed E-state index contributed by atoms with van der Waals surface area (Å²) in [5.74, 6) is -0.306. The van der Waals surface area contributed by atoms with Crippen molar-refractivity contribution in [3.8, 4) is 0 Å². The second-order valence-corrected chi connectivity index (χ2v) is 8.92. The highest BCUT2D eigenvalue weighted by Crippen LogP contribution is 2.34. The molecule has 2 fully saturated rings. The van der Waals surface area contributed by atoms with E-state index < -0.39 is 6.04 Å². The van der Waals surface area contributed by atoms with Crippen LogP contribution in [0, 0.1) is 0 Å². The van der Waals surface area contributed by atoms with E-state index in [1.165, 1.54) is 26.2 Å². The highest BCUT2D eigenvalue weighted by molar-refractivity contribution is 5.89. The molecule has 1 aromatic carbocycles. The zero-order valence-corrected chi connectivity index (χ0v) is 18.4. The van der Waals surface area contributed by atoms with Crippen molar-refractivity contribution in [1.82, 2.24) is 20.5 Å². The molecule has 0 spiro atoms. The van der Waals surface area contributed by atoms with Crippen LogP contribution in [-0.2, 0) is 20.7 Å². The lowest BCUT2D eigenvalue weighted by Gasteiger charge is -2.48. The highest BCUT2D eigenvalue weighted by Gasteiger charge is 2.39. The molecular formula is C24H34N4O3. The predicted octanol–water partition coefficient (Wildman–Crippen LogP) is 2.37. The third kappa shape index (κ3) is 5.10. The largest absolute Gasteiger partial charge is 0.379 e. The van der Waals surface area contributed by atoms with E-state index in [4.69, 9.17) is 4.74 Å². The smallest absolute Gasteiger partial charge is 0.242 e. The summed E-state index contributed by atoms with van der Waals surface area (Å²) in [4.78, 5) is 30.8. The van der Waals surface area contributed by atoms with Gasteiger partial charge in [-0.15, -0.1) is 0 Å². The van der Waals surface area contributed by atoms with Crippen molar-refractivity contribution in [3.63, 3.8) is 0 Å². The Morgan fingerprint density at radius 3 is 2.65 bits per heavy atom. The third-order valence-corrected chi connectivity index (χ3v) is 6.85. The van der Waals surface area contributed by atoms with Crippen molar-refractivity contribution in [2.24, 2.45) is 0 Å². The van der Waals surface area contributed by atoms with Gasteiger partial charge in [-0.1, -0.05) is 37.5 Å². The minimum atomic E-state index is -0.595. The van der Waals surface area contributed by atoms with Gasteiger partial charge in [-0.25, -0.2) is 0 Å². The van der Waals surface area contributed by atoms with Crippen molar-refractivity contribution in [1.29, 1.82) is 0 Å². The molecule has 2 heterocycles. The Morgan fingerprint density at radius 1 is 1.16 bits per heavy atom. The van der Waals surface area contributed by atoms with Gasteiger partial charge in [0.05, 0.1) is 13.2 Å². The molecule has 2 aromatic rings. The van der Waals surface area contributed by atoms with Crippen LogP contribution in [0.25, 0.3) is 10.9 Å². The standard InChI is InChI=1S/C24H34N4O3/c1-18(29)27-22(15-19-16-25-21-8-4-3-7-20(19)21)23(30)26-17-24(9-5-2-6-10-24)28-11-13-31-14-12-28/h3-4,7-8,16,22,25H,2,5-6,9-15,17H2,1H3,(H,26,30)(H,27,29). The molecule has 1 aromatic heterocycles. The number of carbonyl (C=O) groups excluding carboxylic acids is 2. The van der Waals surface area contributed by atoms with Gasteiger partial charge in [-0.2, -0.15) is 0 Å². The van der Waals surface area contributed by atoms with Crippen LogP contribution in [-0.4, -0.2) is 66.1 Å². The van der Waals surface area contributed by atoms with Gasteiger partial charge in [0.2, 0.25) is 11.8 Å². The Bertz CT molecular complexity index is 897. The summed E-state index contributed by atoms with van der Waals surface area (Å²) in [6.45, 7) is 5.43. The molecular weight excluding hydrogens is 392 g/mol. The number of morpholine rings is 1. The molecule has 1 aliphatic heterocycles. The van der Waals surface area contributed by atoms with E-state index in [1.54, 1.807) is 0 Å². The molecule has 0 radical (unpaired) electrons. The fraction of sp³-hybridized carbons (Fsp3) is 0.583. The van der Waals surface area contributed by atoms with Gasteiger partial charge < -0.3 is 20.4 Å². The molecule has 4 rings (SSSR count). The summed E-state index contributed by atoms with van der Waals surface area (Å²) in [6.07, 6.45) is 8.23. The molecule has 7 heteroatoms. The molecule has 168 valence electrons. The summed E-state index contributed by atoms with van der Waals surface area (Å²) < 4.78 is 5.56. The van der Waals surface area contributed by atoms with E-state index in [0.29, 0.717) is 13.0 Å². The van der Waals surface area contributed by atoms with E-state index >= 15 is 0 Å². The normalized spacial score (nSPS) is 20.3. The SMILES string of the molecule is CC(=O)NC(Cc1c[nH]c2ccccc12)C(=O)NCC1(N2CCOCC2)CCCCC1. The Morgan fingerprint density at radius 2 is 1.90 bits per heavy atom. The van der Waals surface area contributed by atoms with Crippen LogP contribution in [0.4, 0.5) is 0 Å². The van der Waals surface area contributed by atoms with E-state index in [1.807, 2.05) is 30.5 Å². The van der Waals surface area contributed by atoms with Crippen molar-refractivity contribution in [2.45, 2.75) is 57.0 Å². The number of fused-ring (bicyclic) bond motifs is 1. The Labute approximate surface area is 183 Å². The maximum atomic E-state index is 13.2. The Balaban J connectivity index is 1.46. The molecule has 1 atom stereocenters. The first-order valence-electron chi connectivity index (χ1n) is 11.5. The number of H-pyrrole nitrogens is 1. The summed E-state index contributed by atoms with van der Waals surface area (Å²) in [5.41, 5.74) is 2.07. The number of hydrogen-bond donors (Lipinski definition) is 3. The summed E-state index contributed by atoms with van der Waals surface area (Å²) in [6, 6.07) is 7.43. The van der Waals surface area contributed by atoms with Crippen molar-refractivity contribution < 1.29 is 14.3 Å². The molecule has 1 saturated carbocycles. The Hall–Kier alpha value is -2.38. The van der Waals surface area contributed by atoms with Gasteiger partial charge in [0.1, 0.15) is 6.04 Å². The molecule has 1 aliphatic carbocycles. The topological polar surface area (TPSA) is 86.5 Å². The molecule has 2 amide bonds. The number of aromatic nitrogens is 1. The average molecular weight is 427 g/mol. The number of para-hydroxylation sites is 1. The second kappa shape index (κ2) is 9.83. The fourth-order valence-corrected chi connectivity index (χ4v) is 5.20. The lowest BCUT2D eigenvalue weighted by Crippen LogP contribution is -2.61. The van der Waals surface area contributed by atoms with E-state index in [2.05, 4.69) is 20.5 Å². The first-order chi connectivity index (χ1) is 15.1. The summed E-state index contributed by atoms with van der Waals surface area (Å²) >= 11 is 0. The first kappa shape index (κ1) is 21.8. The number of carbonyl (C=O) groups is 2. The second-order valence-electron chi connectivity index (χ2n) is 8.92. The van der Waals surface area contributed by atoms with Crippen LogP contribution in [0.2, 0.25) is 0 Å². The molecule has 1 saturated heterocycles. The zero-order chi connectivity index (χ0) is 21.7. The van der Waals surface area contributed by atoms with Crippen LogP contribution >= 0.6 is 0 Å². The maximum absolute atomic E-state index is 13.2. The average Bonchev–Trinajstić information content (AvgIpc) is 3.21. The zero-order valence-electron chi connectivity index (χ0n) is 18.4. The van der Waals surface area contributed by atoms with Crippen LogP contribution in [0.1, 0.15) is 44.6 Å². The van der Waals surface area contributed by atoms with Crippen molar-refractivity contribution in [2.75, 3.05) is 32.8 Å². The quantitative estimate of drug-likeness (QED) is 0.634. The van der Waals surface area contributed by atoms with Crippen LogP contribution in [0.15, 0.2) is 30.5 Å². The fourth-order valence-electron chi connectivity index (χ4n) is 5.20. The lowest BCUT2D eigenvalue weighted by molar-refractivity contribution is -0.128. The van der Waals surface area contributed by atoms with E-state index in [9.17, 15) is 9.59 Å². The van der Waals surface area contributed by atoms with Gasteiger partial charge in [0.15, 0.2) is 0 Å². The minimum absolute atomic E-state index is 0.000749. The number of hydrogen-bond acceptors (Lipinski definition) is 4. The number of amides is 2. The Kier molecular flexibility index (Phi) is 6.92. The van der Waals surface area contributed by atoms with E-state index in [0.717, 1.165) is 55.6 Å². The van der Waals surface area contributed by atoms with Crippen molar-refractivity contribution >= 4 is 22.7 Å². The minimum Gasteiger partial charge on any atom is -0.379 e. The lowest BCUT2D eigenvalue weighted by atomic mass is 9.79. The summed E-state index contributed by atoms with van der Waals surface area (Å²) in [5, 5.41) is 7.16. The number of rotatable bonds is 7. The molecule has 3 N–H and O–H groups in total. The van der Waals surface area contributed by atoms with Gasteiger partial charge in [0.25, 0.3) is 0 Å². The number of nitrogens with one attached hydrogen (secondary N) is 3. The molecule has 31 heavy (non-hydrogen) atoms. The molecule has 2 aliphatic rings. The van der Waals surface area contributed by atoms with E-state index in [-0.39, 0.29) is 17.4 Å². The number of aromatic amines is 1. The number of benzene rings is 1. The number of ether oxygens (including phenoxy) is 1. The number of nitrogens with zero attached hydrogens (tertiary/aromatic N) is 1.